The van der Waals surface area contributed by atoms with Gasteiger partial charge in [-0.05, 0) is 47.1 Å². The van der Waals surface area contributed by atoms with Gasteiger partial charge in [0.05, 0.1) is 12.1 Å². The normalized spacial score (nSPS) is 24.5. The summed E-state index contributed by atoms with van der Waals surface area (Å²) in [7, 11) is 0. The van der Waals surface area contributed by atoms with Crippen LogP contribution in [0.15, 0.2) is 54.7 Å². The number of piperazine rings is 1. The maximum Gasteiger partial charge on any atom is 0.258 e. The van der Waals surface area contributed by atoms with Crippen LogP contribution in [0.3, 0.4) is 0 Å². The van der Waals surface area contributed by atoms with Crippen molar-refractivity contribution >= 4 is 41.1 Å². The Morgan fingerprint density at radius 2 is 1.87 bits per heavy atom. The fraction of sp³-hybridized carbons (Fsp3) is 0.345. The molecule has 0 bridgehead atoms. The third-order valence-corrected chi connectivity index (χ3v) is 8.03. The van der Waals surface area contributed by atoms with E-state index in [9.17, 15) is 19.2 Å². The van der Waals surface area contributed by atoms with E-state index in [0.717, 1.165) is 13.0 Å². The molecule has 2 saturated heterocycles. The van der Waals surface area contributed by atoms with Crippen LogP contribution in [0, 0.1) is 11.8 Å². The number of carbonyl (C=O) groups is 4. The number of nitrogens with one attached hydrogen (secondary N) is 1. The van der Waals surface area contributed by atoms with Gasteiger partial charge < -0.3 is 20.0 Å². The summed E-state index contributed by atoms with van der Waals surface area (Å²) in [5.74, 6) is 0.136. The van der Waals surface area contributed by atoms with E-state index in [4.69, 9.17) is 0 Å². The molecule has 9 heteroatoms. The van der Waals surface area contributed by atoms with E-state index in [2.05, 4.69) is 40.6 Å². The second-order valence-corrected chi connectivity index (χ2v) is 10.4. The lowest BCUT2D eigenvalue weighted by Crippen LogP contribution is -2.59. The third-order valence-electron chi connectivity index (χ3n) is 8.03. The van der Waals surface area contributed by atoms with Gasteiger partial charge in [-0.3, -0.25) is 19.2 Å². The number of carbonyl (C=O) groups excluding carboxylic acids is 4. The van der Waals surface area contributed by atoms with Crippen LogP contribution in [0.5, 0.6) is 0 Å². The fourth-order valence-corrected chi connectivity index (χ4v) is 5.96. The topological polar surface area (TPSA) is 103 Å². The van der Waals surface area contributed by atoms with Crippen molar-refractivity contribution in [2.45, 2.75) is 19.4 Å². The molecule has 4 amide bonds. The summed E-state index contributed by atoms with van der Waals surface area (Å²) in [6, 6.07) is 11.3. The van der Waals surface area contributed by atoms with Crippen LogP contribution in [-0.2, 0) is 14.4 Å². The summed E-state index contributed by atoms with van der Waals surface area (Å²) >= 11 is 0. The molecule has 1 N–H and O–H groups in total. The number of likely N-dealkylation sites (tertiary alicyclic amines) is 1. The highest BCUT2D eigenvalue weighted by atomic mass is 16.2. The first-order chi connectivity index (χ1) is 18.4. The zero-order chi connectivity index (χ0) is 26.4. The van der Waals surface area contributed by atoms with E-state index < -0.39 is 6.04 Å². The van der Waals surface area contributed by atoms with Crippen LogP contribution >= 0.6 is 0 Å². The number of amides is 4. The molecule has 0 radical (unpaired) electrons. The van der Waals surface area contributed by atoms with Crippen molar-refractivity contribution in [1.29, 1.82) is 0 Å². The maximum atomic E-state index is 13.3. The van der Waals surface area contributed by atoms with Crippen molar-refractivity contribution in [2.75, 3.05) is 38.0 Å². The minimum absolute atomic E-state index is 0.0657. The van der Waals surface area contributed by atoms with Gasteiger partial charge in [0.1, 0.15) is 11.9 Å². The van der Waals surface area contributed by atoms with Gasteiger partial charge in [-0.2, -0.15) is 0 Å². The summed E-state index contributed by atoms with van der Waals surface area (Å²) < 4.78 is 0. The zero-order valence-corrected chi connectivity index (χ0v) is 21.2. The van der Waals surface area contributed by atoms with Gasteiger partial charge in [0.2, 0.25) is 17.7 Å². The van der Waals surface area contributed by atoms with Gasteiger partial charge in [-0.25, -0.2) is 4.98 Å². The quantitative estimate of drug-likeness (QED) is 0.637. The highest BCUT2D eigenvalue weighted by Crippen LogP contribution is 2.41. The van der Waals surface area contributed by atoms with Crippen LogP contribution in [0.4, 0.5) is 5.82 Å². The monoisotopic (exact) mass is 511 g/mol. The first kappa shape index (κ1) is 24.1. The van der Waals surface area contributed by atoms with Crippen molar-refractivity contribution in [1.82, 2.24) is 19.7 Å². The Morgan fingerprint density at radius 3 is 2.63 bits per heavy atom. The Labute approximate surface area is 220 Å². The van der Waals surface area contributed by atoms with Gasteiger partial charge in [-0.1, -0.05) is 36.4 Å². The second-order valence-electron chi connectivity index (χ2n) is 10.4. The summed E-state index contributed by atoms with van der Waals surface area (Å²) in [5, 5.41) is 2.73. The molecule has 6 rings (SSSR count). The standard InChI is InChI=1S/C29H29N5O4/c1-18(35)32-9-10-34-25(17-32)28(37)31-27-24(29(34)38)11-19(14-30-27)7-8-26(36)33-15-22-12-21(13-23(22)16-33)20-5-3-2-4-6-20/h2-8,11-12,14,22-23,25H,9-10,13,15-17H2,1H3,(H,30,31,37). The van der Waals surface area contributed by atoms with Crippen molar-refractivity contribution in [3.63, 3.8) is 0 Å². The lowest BCUT2D eigenvalue weighted by molar-refractivity contribution is -0.133. The Hall–Kier alpha value is -4.27. The molecule has 3 atom stereocenters. The average molecular weight is 512 g/mol. The summed E-state index contributed by atoms with van der Waals surface area (Å²) in [5.41, 5.74) is 3.50. The fourth-order valence-electron chi connectivity index (χ4n) is 5.96. The predicted molar refractivity (Wildman–Crippen MR) is 142 cm³/mol. The number of pyridine rings is 1. The minimum atomic E-state index is -0.763. The van der Waals surface area contributed by atoms with E-state index in [0.29, 0.717) is 30.5 Å². The highest BCUT2D eigenvalue weighted by molar-refractivity contribution is 6.09. The minimum Gasteiger partial charge on any atom is -0.339 e. The average Bonchev–Trinajstić information content (AvgIpc) is 3.49. The molecule has 9 nitrogen and oxygen atoms in total. The number of benzene rings is 1. The molecule has 4 heterocycles. The number of allylic oxidation sites excluding steroid dienone is 1. The summed E-state index contributed by atoms with van der Waals surface area (Å²) in [4.78, 5) is 60.1. The number of anilines is 1. The molecule has 3 unspecified atom stereocenters. The van der Waals surface area contributed by atoms with Crippen molar-refractivity contribution < 1.29 is 19.2 Å². The van der Waals surface area contributed by atoms with Crippen molar-refractivity contribution in [3.05, 3.63) is 71.4 Å². The Balaban J connectivity index is 1.14. The molecule has 38 heavy (non-hydrogen) atoms. The van der Waals surface area contributed by atoms with E-state index in [1.807, 2.05) is 11.0 Å². The van der Waals surface area contributed by atoms with Crippen LogP contribution in [0.2, 0.25) is 0 Å². The van der Waals surface area contributed by atoms with E-state index in [1.165, 1.54) is 35.2 Å². The first-order valence-corrected chi connectivity index (χ1v) is 13.0. The molecule has 3 aliphatic heterocycles. The smallest absolute Gasteiger partial charge is 0.258 e. The number of aromatic nitrogens is 1. The highest BCUT2D eigenvalue weighted by Gasteiger charge is 2.40. The molecule has 2 fully saturated rings. The molecule has 194 valence electrons. The maximum absolute atomic E-state index is 13.3. The second kappa shape index (κ2) is 9.55. The SMILES string of the molecule is CC(=O)N1CCN2C(=O)c3cc(C=CC(=O)N4CC5C=C(c6ccccc6)CC5C4)cnc3NC(=O)C2C1. The number of fused-ring (bicyclic) bond motifs is 3. The summed E-state index contributed by atoms with van der Waals surface area (Å²) in [6.07, 6.45) is 8.03. The number of hydrogen-bond donors (Lipinski definition) is 1. The Kier molecular flexibility index (Phi) is 6.06. The van der Waals surface area contributed by atoms with Gasteiger partial charge in [0.25, 0.3) is 5.91 Å². The lowest BCUT2D eigenvalue weighted by atomic mass is 9.98. The van der Waals surface area contributed by atoms with E-state index >= 15 is 0 Å². The molecular weight excluding hydrogens is 482 g/mol. The van der Waals surface area contributed by atoms with Crippen molar-refractivity contribution in [3.8, 4) is 0 Å². The molecular formula is C29H29N5O4. The van der Waals surface area contributed by atoms with Gasteiger partial charge >= 0.3 is 0 Å². The summed E-state index contributed by atoms with van der Waals surface area (Å²) in [6.45, 7) is 3.68. The number of nitrogens with zero attached hydrogens (tertiary/aromatic N) is 4. The molecule has 1 aromatic carbocycles. The zero-order valence-electron chi connectivity index (χ0n) is 21.2. The van der Waals surface area contributed by atoms with Gasteiger partial charge in [0.15, 0.2) is 0 Å². The largest absolute Gasteiger partial charge is 0.339 e. The first-order valence-electron chi connectivity index (χ1n) is 13.0. The van der Waals surface area contributed by atoms with E-state index in [1.54, 1.807) is 17.0 Å². The molecule has 0 spiro atoms. The third kappa shape index (κ3) is 4.38. The van der Waals surface area contributed by atoms with Crippen LogP contribution in [-0.4, -0.2) is 82.1 Å². The van der Waals surface area contributed by atoms with Gasteiger partial charge in [0, 0.05) is 45.4 Å². The Bertz CT molecular complexity index is 1380. The van der Waals surface area contributed by atoms with Crippen LogP contribution < -0.4 is 5.32 Å². The number of hydrogen-bond acceptors (Lipinski definition) is 5. The lowest BCUT2D eigenvalue weighted by Gasteiger charge is -2.38. The van der Waals surface area contributed by atoms with Crippen LogP contribution in [0.25, 0.3) is 11.6 Å². The molecule has 0 saturated carbocycles. The Morgan fingerprint density at radius 1 is 1.05 bits per heavy atom. The van der Waals surface area contributed by atoms with E-state index in [-0.39, 0.29) is 48.1 Å². The van der Waals surface area contributed by atoms with Crippen molar-refractivity contribution in [2.24, 2.45) is 11.8 Å². The van der Waals surface area contributed by atoms with Gasteiger partial charge in [-0.15, -0.1) is 0 Å². The van der Waals surface area contributed by atoms with Crippen LogP contribution in [0.1, 0.15) is 34.8 Å². The molecule has 4 aliphatic rings. The molecule has 2 aromatic rings. The molecule has 1 aromatic heterocycles. The number of rotatable bonds is 3. The molecule has 1 aliphatic carbocycles. The predicted octanol–water partition coefficient (Wildman–Crippen LogP) is 2.28.